The normalized spacial score (nSPS) is 11.7. The van der Waals surface area contributed by atoms with E-state index in [0.29, 0.717) is 35.6 Å². The molecule has 2 amide bonds. The van der Waals surface area contributed by atoms with Gasteiger partial charge in [-0.15, -0.1) is 0 Å². The van der Waals surface area contributed by atoms with Gasteiger partial charge in [0.25, 0.3) is 0 Å². The number of carbonyl (C=O) groups is 2. The van der Waals surface area contributed by atoms with Gasteiger partial charge in [0.1, 0.15) is 0 Å². The Bertz CT molecular complexity index is 589. The van der Waals surface area contributed by atoms with Crippen LogP contribution in [-0.4, -0.2) is 23.6 Å². The van der Waals surface area contributed by atoms with E-state index in [2.05, 4.69) is 20.9 Å². The molecule has 8 heteroatoms. The molecule has 1 aromatic carbocycles. The summed E-state index contributed by atoms with van der Waals surface area (Å²) >= 11 is 0. The monoisotopic (exact) mass is 334 g/mol. The van der Waals surface area contributed by atoms with E-state index < -0.39 is 12.2 Å². The first kappa shape index (κ1) is 19.1. The van der Waals surface area contributed by atoms with Gasteiger partial charge in [-0.25, -0.2) is 9.59 Å². The summed E-state index contributed by atoms with van der Waals surface area (Å²) in [5.74, 6) is 0. The van der Waals surface area contributed by atoms with Crippen LogP contribution >= 0.6 is 0 Å². The summed E-state index contributed by atoms with van der Waals surface area (Å²) in [6.45, 7) is 7.32. The summed E-state index contributed by atoms with van der Waals surface area (Å²) in [6.07, 6.45) is -0.0554. The third-order valence-corrected chi connectivity index (χ3v) is 2.95. The van der Waals surface area contributed by atoms with Gasteiger partial charge in [-0.1, -0.05) is 30.2 Å². The number of oxime groups is 2. The number of rotatable bonds is 6. The van der Waals surface area contributed by atoms with Gasteiger partial charge in [0.05, 0.1) is 11.4 Å². The van der Waals surface area contributed by atoms with Crippen molar-refractivity contribution < 1.29 is 19.3 Å². The van der Waals surface area contributed by atoms with E-state index in [1.807, 2.05) is 13.8 Å². The molecule has 0 aliphatic heterocycles. The molecule has 0 radical (unpaired) electrons. The van der Waals surface area contributed by atoms with Gasteiger partial charge in [-0.05, 0) is 44.9 Å². The highest BCUT2D eigenvalue weighted by atomic mass is 16.7. The number of amides is 2. The smallest absolute Gasteiger partial charge is 0.298 e. The van der Waals surface area contributed by atoms with Crippen LogP contribution in [0.3, 0.4) is 0 Å². The van der Waals surface area contributed by atoms with Crippen molar-refractivity contribution in [3.8, 4) is 0 Å². The molecule has 0 aliphatic carbocycles. The molecule has 0 heterocycles. The summed E-state index contributed by atoms with van der Waals surface area (Å²) in [6, 6.07) is 6.50. The standard InChI is InChI=1S/C16H22N4O4/c1-5-11(3)19-23-15(21)17-13-8-7-9-14(10-13)18-16(22)24-20-12(4)6-2/h7-10H,5-6H2,1-4H3,(H,17,21)(H,18,22). The van der Waals surface area contributed by atoms with Crippen molar-refractivity contribution in [1.82, 2.24) is 0 Å². The highest BCUT2D eigenvalue weighted by molar-refractivity contribution is 5.90. The summed E-state index contributed by atoms with van der Waals surface area (Å²) in [4.78, 5) is 32.6. The summed E-state index contributed by atoms with van der Waals surface area (Å²) in [5, 5.41) is 12.3. The van der Waals surface area contributed by atoms with Gasteiger partial charge < -0.3 is 0 Å². The van der Waals surface area contributed by atoms with E-state index in [0.717, 1.165) is 0 Å². The van der Waals surface area contributed by atoms with Gasteiger partial charge in [0, 0.05) is 11.4 Å². The molecule has 0 bridgehead atoms. The molecule has 24 heavy (non-hydrogen) atoms. The molecule has 0 saturated carbocycles. The molecule has 0 spiro atoms. The van der Waals surface area contributed by atoms with E-state index in [1.165, 1.54) is 0 Å². The Morgan fingerprint density at radius 2 is 1.33 bits per heavy atom. The molecule has 2 N–H and O–H groups in total. The Morgan fingerprint density at radius 1 is 0.917 bits per heavy atom. The van der Waals surface area contributed by atoms with Crippen molar-refractivity contribution in [2.75, 3.05) is 10.6 Å². The number of hydrogen-bond donors (Lipinski definition) is 2. The maximum absolute atomic E-state index is 11.6. The number of benzene rings is 1. The molecular weight excluding hydrogens is 312 g/mol. The van der Waals surface area contributed by atoms with Crippen molar-refractivity contribution in [1.29, 1.82) is 0 Å². The van der Waals surface area contributed by atoms with Crippen LogP contribution in [0, 0.1) is 0 Å². The summed E-state index contributed by atoms with van der Waals surface area (Å²) in [7, 11) is 0. The minimum Gasteiger partial charge on any atom is -0.298 e. The number of hydrogen-bond acceptors (Lipinski definition) is 6. The molecule has 130 valence electrons. The van der Waals surface area contributed by atoms with Crippen LogP contribution in [0.1, 0.15) is 40.5 Å². The largest absolute Gasteiger partial charge is 0.437 e. The first-order valence-electron chi connectivity index (χ1n) is 7.57. The Morgan fingerprint density at radius 3 is 1.71 bits per heavy atom. The summed E-state index contributed by atoms with van der Waals surface area (Å²) in [5.41, 5.74) is 2.28. The highest BCUT2D eigenvalue weighted by Gasteiger charge is 2.07. The van der Waals surface area contributed by atoms with Crippen molar-refractivity contribution in [3.63, 3.8) is 0 Å². The molecule has 1 aromatic rings. The fraction of sp³-hybridized carbons (Fsp3) is 0.375. The van der Waals surface area contributed by atoms with Crippen LogP contribution in [0.4, 0.5) is 21.0 Å². The topological polar surface area (TPSA) is 101 Å². The molecule has 0 unspecified atom stereocenters. The Kier molecular flexibility index (Phi) is 7.97. The SMILES string of the molecule is CCC(C)=NOC(=O)Nc1cccc(NC(=O)ON=C(C)CC)c1. The first-order valence-corrected chi connectivity index (χ1v) is 7.57. The molecule has 0 atom stereocenters. The fourth-order valence-corrected chi connectivity index (χ4v) is 1.32. The molecule has 0 fully saturated rings. The fourth-order valence-electron chi connectivity index (χ4n) is 1.32. The van der Waals surface area contributed by atoms with Crippen LogP contribution in [0.2, 0.25) is 0 Å². The second-order valence-electron chi connectivity index (χ2n) is 4.95. The van der Waals surface area contributed by atoms with Crippen LogP contribution in [-0.2, 0) is 9.68 Å². The molecular formula is C16H22N4O4. The average molecular weight is 334 g/mol. The Labute approximate surface area is 140 Å². The van der Waals surface area contributed by atoms with E-state index in [1.54, 1.807) is 38.1 Å². The van der Waals surface area contributed by atoms with Crippen molar-refractivity contribution >= 4 is 35.0 Å². The highest BCUT2D eigenvalue weighted by Crippen LogP contribution is 2.15. The lowest BCUT2D eigenvalue weighted by Gasteiger charge is -2.07. The van der Waals surface area contributed by atoms with E-state index in [9.17, 15) is 9.59 Å². The van der Waals surface area contributed by atoms with Gasteiger partial charge in [-0.2, -0.15) is 0 Å². The predicted octanol–water partition coefficient (Wildman–Crippen LogP) is 4.36. The van der Waals surface area contributed by atoms with E-state index >= 15 is 0 Å². The zero-order chi connectivity index (χ0) is 17.9. The second-order valence-corrected chi connectivity index (χ2v) is 4.95. The molecule has 0 aromatic heterocycles. The third kappa shape index (κ3) is 7.39. The Balaban J connectivity index is 2.60. The first-order chi connectivity index (χ1) is 11.4. The quantitative estimate of drug-likeness (QED) is 0.458. The van der Waals surface area contributed by atoms with E-state index in [4.69, 9.17) is 9.68 Å². The van der Waals surface area contributed by atoms with Gasteiger partial charge in [-0.3, -0.25) is 20.3 Å². The third-order valence-electron chi connectivity index (χ3n) is 2.95. The van der Waals surface area contributed by atoms with Crippen molar-refractivity contribution in [2.24, 2.45) is 10.3 Å². The minimum absolute atomic E-state index is 0.440. The average Bonchev–Trinajstić information content (AvgIpc) is 2.57. The van der Waals surface area contributed by atoms with Crippen LogP contribution in [0.25, 0.3) is 0 Å². The van der Waals surface area contributed by atoms with Crippen molar-refractivity contribution in [3.05, 3.63) is 24.3 Å². The minimum atomic E-state index is -0.717. The molecule has 8 nitrogen and oxygen atoms in total. The lowest BCUT2D eigenvalue weighted by atomic mass is 10.3. The maximum Gasteiger partial charge on any atom is 0.437 e. The number of nitrogens with zero attached hydrogens (tertiary/aromatic N) is 2. The van der Waals surface area contributed by atoms with Crippen LogP contribution in [0.5, 0.6) is 0 Å². The van der Waals surface area contributed by atoms with Crippen molar-refractivity contribution in [2.45, 2.75) is 40.5 Å². The Hall–Kier alpha value is -2.90. The number of anilines is 2. The zero-order valence-electron chi connectivity index (χ0n) is 14.3. The predicted molar refractivity (Wildman–Crippen MR) is 93.4 cm³/mol. The summed E-state index contributed by atoms with van der Waals surface area (Å²) < 4.78 is 0. The number of carbonyl (C=O) groups excluding carboxylic acids is 2. The van der Waals surface area contributed by atoms with Gasteiger partial charge in [0.2, 0.25) is 0 Å². The van der Waals surface area contributed by atoms with E-state index in [-0.39, 0.29) is 0 Å². The number of nitrogens with one attached hydrogen (secondary N) is 2. The molecule has 0 saturated heterocycles. The lowest BCUT2D eigenvalue weighted by Crippen LogP contribution is -2.13. The van der Waals surface area contributed by atoms with Gasteiger partial charge in [0.15, 0.2) is 0 Å². The lowest BCUT2D eigenvalue weighted by molar-refractivity contribution is 0.165. The maximum atomic E-state index is 11.6. The second kappa shape index (κ2) is 9.98. The zero-order valence-corrected chi connectivity index (χ0v) is 14.3. The van der Waals surface area contributed by atoms with Crippen LogP contribution in [0.15, 0.2) is 34.6 Å². The molecule has 1 rings (SSSR count). The van der Waals surface area contributed by atoms with Gasteiger partial charge >= 0.3 is 12.2 Å². The van der Waals surface area contributed by atoms with Crippen LogP contribution < -0.4 is 10.6 Å². The molecule has 0 aliphatic rings.